The van der Waals surface area contributed by atoms with Crippen LogP contribution in [-0.2, 0) is 11.2 Å². The summed E-state index contributed by atoms with van der Waals surface area (Å²) < 4.78 is 0. The second-order valence-electron chi connectivity index (χ2n) is 4.96. The van der Waals surface area contributed by atoms with Crippen LogP contribution in [0.3, 0.4) is 0 Å². The molecule has 3 heteroatoms. The molecule has 15 heavy (non-hydrogen) atoms. The van der Waals surface area contributed by atoms with Crippen molar-refractivity contribution in [1.29, 1.82) is 0 Å². The van der Waals surface area contributed by atoms with E-state index in [1.807, 2.05) is 27.7 Å². The maximum atomic E-state index is 11.7. The molecule has 0 saturated heterocycles. The number of thiophene rings is 1. The Bertz CT molecular complexity index is 311. The monoisotopic (exact) mass is 225 g/mol. The van der Waals surface area contributed by atoms with Gasteiger partial charge < -0.3 is 5.32 Å². The summed E-state index contributed by atoms with van der Waals surface area (Å²) in [6, 6.07) is 2.30. The Morgan fingerprint density at radius 2 is 2.20 bits per heavy atom. The standard InChI is InChI=1S/C12H19NOS/c1-9(7-10-5-6-15-8-10)13-11(14)12(2,3)4/h5-6,8-9H,7H2,1-4H3,(H,13,14). The number of hydrogen-bond acceptors (Lipinski definition) is 2. The van der Waals surface area contributed by atoms with Crippen molar-refractivity contribution in [2.45, 2.75) is 40.2 Å². The maximum Gasteiger partial charge on any atom is 0.225 e. The first kappa shape index (κ1) is 12.2. The van der Waals surface area contributed by atoms with Gasteiger partial charge in [0.25, 0.3) is 0 Å². The first-order valence-corrected chi connectivity index (χ1v) is 6.16. The van der Waals surface area contributed by atoms with E-state index in [9.17, 15) is 4.79 Å². The average molecular weight is 225 g/mol. The molecule has 0 radical (unpaired) electrons. The first-order valence-electron chi connectivity index (χ1n) is 5.21. The summed E-state index contributed by atoms with van der Waals surface area (Å²) in [5, 5.41) is 7.21. The van der Waals surface area contributed by atoms with Crippen molar-refractivity contribution in [3.63, 3.8) is 0 Å². The van der Waals surface area contributed by atoms with Gasteiger partial charge in [-0.25, -0.2) is 0 Å². The normalized spacial score (nSPS) is 13.6. The quantitative estimate of drug-likeness (QED) is 0.842. The fraction of sp³-hybridized carbons (Fsp3) is 0.583. The van der Waals surface area contributed by atoms with Crippen LogP contribution < -0.4 is 5.32 Å². The molecule has 1 amide bonds. The van der Waals surface area contributed by atoms with E-state index in [1.165, 1.54) is 5.56 Å². The molecule has 0 bridgehead atoms. The maximum absolute atomic E-state index is 11.7. The second-order valence-corrected chi connectivity index (χ2v) is 5.74. The highest BCUT2D eigenvalue weighted by Crippen LogP contribution is 2.14. The molecule has 0 aliphatic carbocycles. The van der Waals surface area contributed by atoms with E-state index >= 15 is 0 Å². The van der Waals surface area contributed by atoms with Gasteiger partial charge in [-0.1, -0.05) is 20.8 Å². The van der Waals surface area contributed by atoms with E-state index in [2.05, 4.69) is 22.1 Å². The number of rotatable bonds is 3. The molecule has 0 aliphatic heterocycles. The van der Waals surface area contributed by atoms with Crippen LogP contribution in [0.4, 0.5) is 0 Å². The first-order chi connectivity index (χ1) is 6.89. The Balaban J connectivity index is 2.43. The zero-order valence-corrected chi connectivity index (χ0v) is 10.6. The van der Waals surface area contributed by atoms with Crippen LogP contribution in [0.25, 0.3) is 0 Å². The van der Waals surface area contributed by atoms with Gasteiger partial charge >= 0.3 is 0 Å². The third kappa shape index (κ3) is 4.04. The topological polar surface area (TPSA) is 29.1 Å². The molecular formula is C12H19NOS. The SMILES string of the molecule is CC(Cc1ccsc1)NC(=O)C(C)(C)C. The van der Waals surface area contributed by atoms with Gasteiger partial charge in [0.15, 0.2) is 0 Å². The molecule has 1 atom stereocenters. The van der Waals surface area contributed by atoms with Crippen LogP contribution in [-0.4, -0.2) is 11.9 Å². The lowest BCUT2D eigenvalue weighted by Gasteiger charge is -2.21. The Hall–Kier alpha value is -0.830. The summed E-state index contributed by atoms with van der Waals surface area (Å²) in [7, 11) is 0. The molecule has 0 aliphatic rings. The molecule has 1 unspecified atom stereocenters. The highest BCUT2D eigenvalue weighted by Gasteiger charge is 2.22. The van der Waals surface area contributed by atoms with Gasteiger partial charge in [-0.15, -0.1) is 0 Å². The lowest BCUT2D eigenvalue weighted by molar-refractivity contribution is -0.129. The van der Waals surface area contributed by atoms with Crippen molar-refractivity contribution in [2.75, 3.05) is 0 Å². The smallest absolute Gasteiger partial charge is 0.225 e. The van der Waals surface area contributed by atoms with E-state index in [0.717, 1.165) is 6.42 Å². The van der Waals surface area contributed by atoms with Crippen LogP contribution in [0.2, 0.25) is 0 Å². The summed E-state index contributed by atoms with van der Waals surface area (Å²) >= 11 is 1.69. The van der Waals surface area contributed by atoms with E-state index in [0.29, 0.717) is 0 Å². The van der Waals surface area contributed by atoms with Gasteiger partial charge in [0.2, 0.25) is 5.91 Å². The van der Waals surface area contributed by atoms with Crippen molar-refractivity contribution < 1.29 is 4.79 Å². The Morgan fingerprint density at radius 3 is 2.67 bits per heavy atom. The molecule has 1 aromatic rings. The van der Waals surface area contributed by atoms with Crippen LogP contribution in [0.15, 0.2) is 16.8 Å². The van der Waals surface area contributed by atoms with E-state index < -0.39 is 0 Å². The molecular weight excluding hydrogens is 206 g/mol. The largest absolute Gasteiger partial charge is 0.353 e. The van der Waals surface area contributed by atoms with Gasteiger partial charge in [0.1, 0.15) is 0 Å². The fourth-order valence-corrected chi connectivity index (χ4v) is 1.94. The molecule has 1 heterocycles. The van der Waals surface area contributed by atoms with Crippen molar-refractivity contribution in [2.24, 2.45) is 5.41 Å². The van der Waals surface area contributed by atoms with Crippen molar-refractivity contribution in [3.8, 4) is 0 Å². The molecule has 2 nitrogen and oxygen atoms in total. The number of carbonyl (C=O) groups excluding carboxylic acids is 1. The minimum Gasteiger partial charge on any atom is -0.353 e. The van der Waals surface area contributed by atoms with Crippen molar-refractivity contribution >= 4 is 17.2 Å². The molecule has 0 fully saturated rings. The summed E-state index contributed by atoms with van der Waals surface area (Å²) in [5.74, 6) is 0.116. The predicted octanol–water partition coefficient (Wildman–Crippen LogP) is 2.84. The van der Waals surface area contributed by atoms with Gasteiger partial charge in [-0.05, 0) is 35.7 Å². The van der Waals surface area contributed by atoms with E-state index in [4.69, 9.17) is 0 Å². The van der Waals surface area contributed by atoms with Crippen LogP contribution in [0, 0.1) is 5.41 Å². The highest BCUT2D eigenvalue weighted by molar-refractivity contribution is 7.07. The molecule has 0 saturated carbocycles. The van der Waals surface area contributed by atoms with E-state index in [1.54, 1.807) is 11.3 Å². The summed E-state index contributed by atoms with van der Waals surface area (Å²) in [5.41, 5.74) is 0.991. The minimum absolute atomic E-state index is 0.116. The van der Waals surface area contributed by atoms with Gasteiger partial charge in [0.05, 0.1) is 0 Å². The zero-order chi connectivity index (χ0) is 11.5. The number of nitrogens with one attached hydrogen (secondary N) is 1. The number of carbonyl (C=O) groups is 1. The summed E-state index contributed by atoms with van der Waals surface area (Å²) in [6.45, 7) is 7.83. The highest BCUT2D eigenvalue weighted by atomic mass is 32.1. The molecule has 1 aromatic heterocycles. The van der Waals surface area contributed by atoms with Gasteiger partial charge in [0, 0.05) is 11.5 Å². The Labute approximate surface area is 95.7 Å². The summed E-state index contributed by atoms with van der Waals surface area (Å²) in [4.78, 5) is 11.7. The molecule has 1 N–H and O–H groups in total. The van der Waals surface area contributed by atoms with Gasteiger partial charge in [-0.2, -0.15) is 11.3 Å². The Morgan fingerprint density at radius 1 is 1.53 bits per heavy atom. The van der Waals surface area contributed by atoms with Crippen LogP contribution in [0.1, 0.15) is 33.3 Å². The zero-order valence-electron chi connectivity index (χ0n) is 9.83. The summed E-state index contributed by atoms with van der Waals surface area (Å²) in [6.07, 6.45) is 0.908. The van der Waals surface area contributed by atoms with Crippen LogP contribution >= 0.6 is 11.3 Å². The predicted molar refractivity (Wildman–Crippen MR) is 65.1 cm³/mol. The van der Waals surface area contributed by atoms with Crippen LogP contribution in [0.5, 0.6) is 0 Å². The van der Waals surface area contributed by atoms with E-state index in [-0.39, 0.29) is 17.4 Å². The minimum atomic E-state index is -0.303. The lowest BCUT2D eigenvalue weighted by atomic mass is 9.95. The van der Waals surface area contributed by atoms with Gasteiger partial charge in [-0.3, -0.25) is 4.79 Å². The third-order valence-corrected chi connectivity index (χ3v) is 2.91. The molecule has 0 spiro atoms. The van der Waals surface area contributed by atoms with Crippen molar-refractivity contribution in [1.82, 2.24) is 5.32 Å². The Kier molecular flexibility index (Phi) is 3.91. The molecule has 1 rings (SSSR count). The fourth-order valence-electron chi connectivity index (χ4n) is 1.25. The number of hydrogen-bond donors (Lipinski definition) is 1. The van der Waals surface area contributed by atoms with Crippen molar-refractivity contribution in [3.05, 3.63) is 22.4 Å². The third-order valence-electron chi connectivity index (χ3n) is 2.18. The average Bonchev–Trinajstić information content (AvgIpc) is 2.54. The number of amides is 1. The molecule has 84 valence electrons. The molecule has 0 aromatic carbocycles. The lowest BCUT2D eigenvalue weighted by Crippen LogP contribution is -2.41. The second kappa shape index (κ2) is 4.79.